The van der Waals surface area contributed by atoms with Crippen LogP contribution in [0.15, 0.2) is 219 Å². The molecule has 12 aromatic rings. The molecule has 0 N–H and O–H groups in total. The predicted octanol–water partition coefficient (Wildman–Crippen LogP) is 24.3. The molecule has 0 aliphatic rings. The minimum absolute atomic E-state index is 0.477. The Morgan fingerprint density at radius 2 is 0.774 bits per heavy atom. The lowest BCUT2D eigenvalue weighted by atomic mass is 9.99. The van der Waals surface area contributed by atoms with E-state index in [9.17, 15) is 0 Å². The third kappa shape index (κ3) is 11.5. The Labute approximate surface area is 504 Å². The zero-order valence-electron chi connectivity index (χ0n) is 49.0. The first-order chi connectivity index (χ1) is 41.4. The number of hydrogen-bond donors (Lipinski definition) is 0. The molecule has 0 radical (unpaired) electrons. The summed E-state index contributed by atoms with van der Waals surface area (Å²) >= 11 is 3.78. The Kier molecular flexibility index (Phi) is 17.1. The van der Waals surface area contributed by atoms with Crippen LogP contribution in [-0.4, -0.2) is 13.2 Å². The summed E-state index contributed by atoms with van der Waals surface area (Å²) in [6.07, 6.45) is 13.1. The normalized spacial score (nSPS) is 12.3. The second-order valence-corrected chi connectivity index (χ2v) is 24.5. The number of rotatable bonds is 24. The molecule has 84 heavy (non-hydrogen) atoms. The van der Waals surface area contributed by atoms with Gasteiger partial charge in [0, 0.05) is 54.0 Å². The van der Waals surface area contributed by atoms with Crippen molar-refractivity contribution in [2.45, 2.75) is 79.1 Å². The number of fused-ring (bicyclic) bond motifs is 8. The third-order valence-corrected chi connectivity index (χ3v) is 19.5. The Balaban J connectivity index is 0.995. The van der Waals surface area contributed by atoms with Gasteiger partial charge in [0.2, 0.25) is 0 Å². The molecular weight excluding hydrogens is 1060 g/mol. The fraction of sp³-hybridized carbons (Fsp3) is 0.205. The average Bonchev–Trinajstić information content (AvgIpc) is 2.43. The van der Waals surface area contributed by atoms with Gasteiger partial charge >= 0.3 is 0 Å². The van der Waals surface area contributed by atoms with Crippen LogP contribution in [0.1, 0.15) is 90.2 Å². The summed E-state index contributed by atoms with van der Waals surface area (Å²) in [6, 6.07) is 75.7. The van der Waals surface area contributed by atoms with Crippen molar-refractivity contribution in [3.05, 3.63) is 231 Å². The predicted molar refractivity (Wildman–Crippen MR) is 368 cm³/mol. The van der Waals surface area contributed by atoms with Gasteiger partial charge in [-0.1, -0.05) is 213 Å². The van der Waals surface area contributed by atoms with E-state index in [1.165, 1.54) is 99.1 Å². The van der Waals surface area contributed by atoms with Crippen LogP contribution in [-0.2, 0) is 0 Å². The van der Waals surface area contributed by atoms with Crippen molar-refractivity contribution in [2.24, 2.45) is 11.8 Å². The van der Waals surface area contributed by atoms with E-state index in [1.807, 2.05) is 34.8 Å². The van der Waals surface area contributed by atoms with E-state index in [4.69, 9.17) is 9.47 Å². The SMILES string of the molecule is C=Cc1ccc(N(c2ccc(-c3cc4c5cc(OCC(CC)CCCC)c(OCC(CC)CCCC)cc5c5cc(-c6ccc(N(c7ccc(C=C)cc7)c7cccc8ccccc78)cc6)sc5c4s3)cc2)c2cccc3ccccc23)cc1. The molecule has 4 nitrogen and oxygen atoms in total. The van der Waals surface area contributed by atoms with E-state index in [1.54, 1.807) is 0 Å². The summed E-state index contributed by atoms with van der Waals surface area (Å²) < 4.78 is 16.6. The maximum absolute atomic E-state index is 7.01. The van der Waals surface area contributed by atoms with Crippen molar-refractivity contribution < 1.29 is 9.47 Å². The summed E-state index contributed by atoms with van der Waals surface area (Å²) in [6.45, 7) is 18.6. The number of unbranched alkanes of at least 4 members (excludes halogenated alkanes) is 2. The van der Waals surface area contributed by atoms with Gasteiger partial charge in [-0.15, -0.1) is 22.7 Å². The monoisotopic (exact) mass is 1130 g/mol. The van der Waals surface area contributed by atoms with E-state index in [0.29, 0.717) is 25.0 Å². The quantitative estimate of drug-likeness (QED) is 0.0602. The molecule has 0 saturated carbocycles. The molecule has 6 heteroatoms. The molecule has 2 aromatic heterocycles. The fourth-order valence-corrected chi connectivity index (χ4v) is 14.5. The first-order valence-corrected chi connectivity index (χ1v) is 31.9. The molecular formula is C78H74N2O2S2. The van der Waals surface area contributed by atoms with Crippen molar-refractivity contribution in [1.29, 1.82) is 0 Å². The molecule has 0 aliphatic carbocycles. The van der Waals surface area contributed by atoms with Crippen LogP contribution < -0.4 is 19.3 Å². The van der Waals surface area contributed by atoms with Crippen LogP contribution >= 0.6 is 22.7 Å². The first-order valence-electron chi connectivity index (χ1n) is 30.3. The van der Waals surface area contributed by atoms with Crippen LogP contribution in [0.5, 0.6) is 11.5 Å². The molecule has 0 aliphatic heterocycles. The van der Waals surface area contributed by atoms with E-state index in [2.05, 4.69) is 257 Å². The van der Waals surface area contributed by atoms with Gasteiger partial charge in [-0.2, -0.15) is 0 Å². The van der Waals surface area contributed by atoms with Crippen LogP contribution in [0.3, 0.4) is 0 Å². The summed E-state index contributed by atoms with van der Waals surface area (Å²) in [4.78, 5) is 7.20. The molecule has 0 bridgehead atoms. The zero-order chi connectivity index (χ0) is 57.5. The molecule has 2 heterocycles. The molecule has 0 spiro atoms. The standard InChI is InChI=1S/C78H74N2O2S2/c1-7-13-21-55(11-5)51-81-73-47-67-68(48-74(73)82-52-56(12-6)22-14-8-2)70-50-76(60-37-45-64(46-38-60)80(62-41-33-54(10-4)34-42-62)72-30-20-26-58-24-16-18-28-66(58)72)84-78(70)77-69(67)49-75(83-77)59-35-43-63(44-36-59)79(61-39-31-53(9-3)32-40-61)71-29-19-25-57-23-15-17-27-65(57)71/h9-10,15-20,23-50,55-56H,3-4,7-8,11-14,21-22,51-52H2,1-2,5-6H3. The number of anilines is 6. The number of nitrogens with zero attached hydrogens (tertiary/aromatic N) is 2. The molecule has 0 saturated heterocycles. The van der Waals surface area contributed by atoms with E-state index < -0.39 is 0 Å². The first kappa shape index (κ1) is 56.1. The van der Waals surface area contributed by atoms with Gasteiger partial charge < -0.3 is 19.3 Å². The number of hydrogen-bond acceptors (Lipinski definition) is 6. The minimum atomic E-state index is 0.477. The number of thiophene rings is 2. The van der Waals surface area contributed by atoms with Crippen molar-refractivity contribution in [1.82, 2.24) is 0 Å². The number of benzene rings is 10. The molecule has 0 amide bonds. The molecule has 2 atom stereocenters. The second kappa shape index (κ2) is 25.6. The lowest BCUT2D eigenvalue weighted by molar-refractivity contribution is 0.199. The lowest BCUT2D eigenvalue weighted by Crippen LogP contribution is -2.14. The van der Waals surface area contributed by atoms with E-state index in [0.717, 1.165) is 82.4 Å². The van der Waals surface area contributed by atoms with Crippen molar-refractivity contribution in [3.8, 4) is 32.4 Å². The van der Waals surface area contributed by atoms with E-state index >= 15 is 0 Å². The van der Waals surface area contributed by atoms with Crippen molar-refractivity contribution >= 4 is 121 Å². The summed E-state index contributed by atoms with van der Waals surface area (Å²) in [5.74, 6) is 2.64. The third-order valence-electron chi connectivity index (χ3n) is 17.0. The highest BCUT2D eigenvalue weighted by atomic mass is 32.1. The summed E-state index contributed by atoms with van der Waals surface area (Å²) in [5, 5.41) is 9.67. The molecule has 10 aromatic carbocycles. The maximum Gasteiger partial charge on any atom is 0.161 e. The smallest absolute Gasteiger partial charge is 0.161 e. The minimum Gasteiger partial charge on any atom is -0.489 e. The van der Waals surface area contributed by atoms with Gasteiger partial charge in [-0.05, 0) is 153 Å². The average molecular weight is 1140 g/mol. The van der Waals surface area contributed by atoms with Gasteiger partial charge in [-0.3, -0.25) is 0 Å². The zero-order valence-corrected chi connectivity index (χ0v) is 50.6. The maximum atomic E-state index is 7.01. The highest BCUT2D eigenvalue weighted by Crippen LogP contribution is 2.51. The van der Waals surface area contributed by atoms with Gasteiger partial charge in [0.1, 0.15) is 0 Å². The second-order valence-electron chi connectivity index (χ2n) is 22.4. The van der Waals surface area contributed by atoms with Crippen molar-refractivity contribution in [2.75, 3.05) is 23.0 Å². The highest BCUT2D eigenvalue weighted by molar-refractivity contribution is 7.30. The van der Waals surface area contributed by atoms with E-state index in [-0.39, 0.29) is 0 Å². The van der Waals surface area contributed by atoms with Gasteiger partial charge in [0.15, 0.2) is 11.5 Å². The van der Waals surface area contributed by atoms with Gasteiger partial charge in [-0.25, -0.2) is 0 Å². The van der Waals surface area contributed by atoms with Crippen LogP contribution in [0, 0.1) is 11.8 Å². The lowest BCUT2D eigenvalue weighted by Gasteiger charge is -2.27. The Hall–Kier alpha value is -8.42. The summed E-state index contributed by atoms with van der Waals surface area (Å²) in [5.41, 5.74) is 11.2. The Bertz CT molecular complexity index is 3960. The molecule has 420 valence electrons. The van der Waals surface area contributed by atoms with Gasteiger partial charge in [0.25, 0.3) is 0 Å². The fourth-order valence-electron chi connectivity index (χ4n) is 12.0. The summed E-state index contributed by atoms with van der Waals surface area (Å²) in [7, 11) is 0. The molecule has 12 rings (SSSR count). The van der Waals surface area contributed by atoms with Crippen molar-refractivity contribution in [3.63, 3.8) is 0 Å². The highest BCUT2D eigenvalue weighted by Gasteiger charge is 2.23. The number of ether oxygens (including phenoxy) is 2. The topological polar surface area (TPSA) is 24.9 Å². The van der Waals surface area contributed by atoms with Crippen LogP contribution in [0.25, 0.3) is 85.5 Å². The Morgan fingerprint density at radius 1 is 0.405 bits per heavy atom. The van der Waals surface area contributed by atoms with Gasteiger partial charge in [0.05, 0.1) is 34.0 Å². The molecule has 2 unspecified atom stereocenters. The largest absolute Gasteiger partial charge is 0.489 e. The molecule has 0 fully saturated rings. The Morgan fingerprint density at radius 3 is 1.14 bits per heavy atom. The van der Waals surface area contributed by atoms with Crippen LogP contribution in [0.2, 0.25) is 0 Å². The van der Waals surface area contributed by atoms with Crippen LogP contribution in [0.4, 0.5) is 34.1 Å².